The first-order chi connectivity index (χ1) is 21.2. The molecule has 0 spiro atoms. The lowest BCUT2D eigenvalue weighted by Gasteiger charge is -2.36. The molecule has 3 heterocycles. The zero-order valence-corrected chi connectivity index (χ0v) is 28.2. The third kappa shape index (κ3) is 7.24. The van der Waals surface area contributed by atoms with Crippen molar-refractivity contribution in [2.24, 2.45) is 5.92 Å². The zero-order chi connectivity index (χ0) is 31.3. The molecule has 7 nitrogen and oxygen atoms in total. The molecule has 0 bridgehead atoms. The van der Waals surface area contributed by atoms with Crippen molar-refractivity contribution in [2.45, 2.75) is 108 Å². The minimum Gasteiger partial charge on any atom is -0.497 e. The van der Waals surface area contributed by atoms with Crippen molar-refractivity contribution in [2.75, 3.05) is 31.7 Å². The summed E-state index contributed by atoms with van der Waals surface area (Å²) in [6.45, 7) is 8.68. The maximum atomic E-state index is 13.6. The molecule has 0 unspecified atom stereocenters. The minimum atomic E-state index is -2.08. The third-order valence-electron chi connectivity index (χ3n) is 10.6. The number of anilines is 1. The lowest BCUT2D eigenvalue weighted by Crippen LogP contribution is -2.51. The van der Waals surface area contributed by atoms with Crippen LogP contribution in [0.15, 0.2) is 48.5 Å². The number of aliphatic hydroxyl groups is 1. The van der Waals surface area contributed by atoms with Gasteiger partial charge >= 0.3 is 0 Å². The first-order valence-electron chi connectivity index (χ1n) is 16.8. The summed E-state index contributed by atoms with van der Waals surface area (Å²) < 4.78 is 12.3. The Morgan fingerprint density at radius 2 is 1.80 bits per heavy atom. The number of carbonyl (C=O) groups excluding carboxylic acids is 2. The Bertz CT molecular complexity index is 1270. The monoisotopic (exact) mass is 620 g/mol. The van der Waals surface area contributed by atoms with E-state index in [9.17, 15) is 14.7 Å². The fourth-order valence-electron chi connectivity index (χ4n) is 8.11. The molecule has 2 aromatic carbocycles. The number of amides is 2. The maximum absolute atomic E-state index is 13.6. The van der Waals surface area contributed by atoms with E-state index in [2.05, 4.69) is 56.4 Å². The van der Waals surface area contributed by atoms with Crippen LogP contribution in [0.5, 0.6) is 5.75 Å². The molecule has 5 atom stereocenters. The van der Waals surface area contributed by atoms with E-state index >= 15 is 0 Å². The summed E-state index contributed by atoms with van der Waals surface area (Å²) in [4.78, 5) is 30.4. The lowest BCUT2D eigenvalue weighted by molar-refractivity contribution is -0.135. The summed E-state index contributed by atoms with van der Waals surface area (Å²) in [6.07, 6.45) is 8.77. The topological polar surface area (TPSA) is 79.3 Å². The highest BCUT2D eigenvalue weighted by molar-refractivity contribution is 6.91. The number of hydrogen-bond donors (Lipinski definition) is 1. The number of ether oxygens (including phenoxy) is 2. The molecule has 1 N–H and O–H groups in total. The van der Waals surface area contributed by atoms with Crippen molar-refractivity contribution < 1.29 is 24.2 Å². The largest absolute Gasteiger partial charge is 0.497 e. The van der Waals surface area contributed by atoms with E-state index in [0.717, 1.165) is 69.5 Å². The predicted octanol–water partition coefficient (Wildman–Crippen LogP) is 5.69. The van der Waals surface area contributed by atoms with Gasteiger partial charge in [0, 0.05) is 25.2 Å². The van der Waals surface area contributed by atoms with Crippen LogP contribution in [0.4, 0.5) is 5.69 Å². The highest BCUT2D eigenvalue weighted by Crippen LogP contribution is 2.47. The molecule has 2 aromatic rings. The number of hydrogen-bond acceptors (Lipinski definition) is 5. The van der Waals surface area contributed by atoms with Gasteiger partial charge in [-0.05, 0) is 79.8 Å². The second kappa shape index (κ2) is 14.6. The van der Waals surface area contributed by atoms with Crippen LogP contribution in [0.25, 0.3) is 0 Å². The average Bonchev–Trinajstić information content (AvgIpc) is 3.62. The second-order valence-electron chi connectivity index (χ2n) is 13.7. The van der Waals surface area contributed by atoms with Gasteiger partial charge in [0.2, 0.25) is 11.8 Å². The molecule has 3 aliphatic heterocycles. The molecule has 2 amide bonds. The van der Waals surface area contributed by atoms with Crippen LogP contribution in [0, 0.1) is 5.92 Å². The molecular formula is C36H52N2O5Si. The van der Waals surface area contributed by atoms with Gasteiger partial charge in [0.1, 0.15) is 5.75 Å². The SMILES string of the molecule is COc1ccc([Si](C)(C)[C@H]2[C@H](C)[C@H](CCc3cccc(N4CCCCCCC4=O)c3)O[C@@H]2CC(=O)N2CCC[C@H]2CO)cc1. The van der Waals surface area contributed by atoms with Gasteiger partial charge in [0.05, 0.1) is 46.5 Å². The van der Waals surface area contributed by atoms with Crippen molar-refractivity contribution in [3.05, 3.63) is 54.1 Å². The van der Waals surface area contributed by atoms with Gasteiger partial charge in [0.25, 0.3) is 0 Å². The molecule has 8 heteroatoms. The molecule has 3 aliphatic rings. The average molecular weight is 621 g/mol. The number of aryl methyl sites for hydroxylation is 1. The van der Waals surface area contributed by atoms with Crippen LogP contribution >= 0.6 is 0 Å². The Morgan fingerprint density at radius 3 is 2.55 bits per heavy atom. The smallest absolute Gasteiger partial charge is 0.226 e. The lowest BCUT2D eigenvalue weighted by atomic mass is 9.94. The summed E-state index contributed by atoms with van der Waals surface area (Å²) in [5.41, 5.74) is 2.50. The molecule has 3 saturated heterocycles. The van der Waals surface area contributed by atoms with E-state index in [1.807, 2.05) is 21.9 Å². The van der Waals surface area contributed by atoms with Crippen molar-refractivity contribution in [1.82, 2.24) is 4.90 Å². The Hall–Kier alpha value is -2.68. The zero-order valence-electron chi connectivity index (χ0n) is 27.2. The van der Waals surface area contributed by atoms with E-state index in [4.69, 9.17) is 9.47 Å². The standard InChI is InChI=1S/C36H52N2O5Si/c1-26-32(20-15-27-11-9-12-28(23-27)37-21-8-6-5-7-14-34(37)40)43-33(24-35(41)38-22-10-13-29(38)25-39)36(26)44(3,4)31-18-16-30(42-2)17-19-31/h9,11-12,16-19,23,26,29,32-33,36,39H,5-8,10,13-15,20-22,24-25H2,1-4H3/t26-,29+,32+,33-,36+/m1/s1. The van der Waals surface area contributed by atoms with Crippen molar-refractivity contribution in [3.63, 3.8) is 0 Å². The van der Waals surface area contributed by atoms with Crippen LogP contribution in [0.3, 0.4) is 0 Å². The number of carbonyl (C=O) groups is 2. The van der Waals surface area contributed by atoms with E-state index in [1.165, 1.54) is 17.2 Å². The molecule has 5 rings (SSSR count). The number of likely N-dealkylation sites (tertiary alicyclic amines) is 1. The maximum Gasteiger partial charge on any atom is 0.226 e. The van der Waals surface area contributed by atoms with Gasteiger partial charge in [-0.3, -0.25) is 9.59 Å². The van der Waals surface area contributed by atoms with E-state index in [-0.39, 0.29) is 42.2 Å². The second-order valence-corrected chi connectivity index (χ2v) is 18.4. The molecule has 3 fully saturated rings. The van der Waals surface area contributed by atoms with Crippen LogP contribution in [-0.4, -0.2) is 75.0 Å². The molecule has 240 valence electrons. The molecule has 0 aromatic heterocycles. The predicted molar refractivity (Wildman–Crippen MR) is 178 cm³/mol. The van der Waals surface area contributed by atoms with Gasteiger partial charge in [0.15, 0.2) is 0 Å². The van der Waals surface area contributed by atoms with Gasteiger partial charge < -0.3 is 24.4 Å². The highest BCUT2D eigenvalue weighted by Gasteiger charge is 2.51. The van der Waals surface area contributed by atoms with Crippen LogP contribution in [-0.2, 0) is 20.7 Å². The molecular weight excluding hydrogens is 568 g/mol. The summed E-state index contributed by atoms with van der Waals surface area (Å²) >= 11 is 0. The molecule has 0 radical (unpaired) electrons. The summed E-state index contributed by atoms with van der Waals surface area (Å²) in [5.74, 6) is 1.48. The van der Waals surface area contributed by atoms with Gasteiger partial charge in [-0.25, -0.2) is 0 Å². The molecule has 0 aliphatic carbocycles. The normalized spacial score (nSPS) is 26.5. The number of rotatable bonds is 10. The van der Waals surface area contributed by atoms with Crippen molar-refractivity contribution in [3.8, 4) is 5.75 Å². The molecule has 0 saturated carbocycles. The van der Waals surface area contributed by atoms with Crippen LogP contribution in [0.1, 0.15) is 70.3 Å². The first-order valence-corrected chi connectivity index (χ1v) is 19.9. The van der Waals surface area contributed by atoms with E-state index < -0.39 is 8.07 Å². The van der Waals surface area contributed by atoms with Gasteiger partial charge in [-0.15, -0.1) is 0 Å². The Labute approximate surface area is 264 Å². The number of methoxy groups -OCH3 is 1. The number of nitrogens with zero attached hydrogens (tertiary/aromatic N) is 2. The van der Waals surface area contributed by atoms with Crippen LogP contribution in [0.2, 0.25) is 18.6 Å². The Morgan fingerprint density at radius 1 is 1.02 bits per heavy atom. The van der Waals surface area contributed by atoms with E-state index in [1.54, 1.807) is 7.11 Å². The Kier molecular flexibility index (Phi) is 10.9. The molecule has 44 heavy (non-hydrogen) atoms. The minimum absolute atomic E-state index is 0.0217. The summed E-state index contributed by atoms with van der Waals surface area (Å²) in [7, 11) is -0.391. The first kappa shape index (κ1) is 32.7. The fourth-order valence-corrected chi connectivity index (χ4v) is 12.2. The van der Waals surface area contributed by atoms with Crippen molar-refractivity contribution >= 4 is 30.8 Å². The summed E-state index contributed by atoms with van der Waals surface area (Å²) in [5, 5.41) is 11.2. The fraction of sp³-hybridized carbons (Fsp3) is 0.611. The quantitative estimate of drug-likeness (QED) is 0.346. The highest BCUT2D eigenvalue weighted by atomic mass is 28.3. The van der Waals surface area contributed by atoms with Gasteiger partial charge in [-0.2, -0.15) is 0 Å². The number of aliphatic hydroxyl groups excluding tert-OH is 1. The Balaban J connectivity index is 1.34. The van der Waals surface area contributed by atoms with Crippen LogP contribution < -0.4 is 14.8 Å². The third-order valence-corrected chi connectivity index (χ3v) is 15.0. The van der Waals surface area contributed by atoms with Crippen molar-refractivity contribution in [1.29, 1.82) is 0 Å². The summed E-state index contributed by atoms with van der Waals surface area (Å²) in [6, 6.07) is 16.9. The van der Waals surface area contributed by atoms with E-state index in [0.29, 0.717) is 18.8 Å². The number of benzene rings is 2. The van der Waals surface area contributed by atoms with Gasteiger partial charge in [-0.1, -0.05) is 62.3 Å².